The van der Waals surface area contributed by atoms with Crippen molar-refractivity contribution in [1.82, 2.24) is 20.4 Å². The van der Waals surface area contributed by atoms with Gasteiger partial charge in [0.25, 0.3) is 5.91 Å². The second kappa shape index (κ2) is 8.13. The van der Waals surface area contributed by atoms with Gasteiger partial charge >= 0.3 is 12.0 Å². The molecule has 2 N–H and O–H groups in total. The number of hydrogen-bond donors (Lipinski definition) is 2. The molecule has 1 aromatic heterocycles. The Morgan fingerprint density at radius 2 is 2.04 bits per heavy atom. The Morgan fingerprint density at radius 3 is 2.68 bits per heavy atom. The van der Waals surface area contributed by atoms with Crippen LogP contribution in [0.3, 0.4) is 0 Å². The van der Waals surface area contributed by atoms with Crippen molar-refractivity contribution in [2.45, 2.75) is 46.1 Å². The number of amides is 3. The minimum atomic E-state index is -0.663. The van der Waals surface area contributed by atoms with Crippen molar-refractivity contribution in [3.63, 3.8) is 0 Å². The average molecular weight is 350 g/mol. The van der Waals surface area contributed by atoms with Crippen LogP contribution in [0.15, 0.2) is 6.20 Å². The molecule has 3 atom stereocenters. The maximum absolute atomic E-state index is 11.9. The molecule has 0 saturated heterocycles. The van der Waals surface area contributed by atoms with E-state index in [1.807, 2.05) is 0 Å². The van der Waals surface area contributed by atoms with E-state index in [0.29, 0.717) is 23.1 Å². The molecule has 3 amide bonds. The Bertz CT molecular complexity index is 655. The predicted octanol–water partition coefficient (Wildman–Crippen LogP) is 1.54. The molecule has 25 heavy (non-hydrogen) atoms. The van der Waals surface area contributed by atoms with E-state index in [2.05, 4.69) is 29.6 Å². The number of aromatic nitrogens is 2. The summed E-state index contributed by atoms with van der Waals surface area (Å²) in [7, 11) is 1.70. The zero-order chi connectivity index (χ0) is 18.6. The number of esters is 1. The summed E-state index contributed by atoms with van der Waals surface area (Å²) in [5.74, 6) is -0.404. The number of imide groups is 1. The van der Waals surface area contributed by atoms with Crippen LogP contribution in [0.5, 0.6) is 0 Å². The normalized spacial score (nSPS) is 23.0. The van der Waals surface area contributed by atoms with Crippen LogP contribution in [0.25, 0.3) is 0 Å². The van der Waals surface area contributed by atoms with Crippen LogP contribution in [-0.2, 0) is 16.6 Å². The Morgan fingerprint density at radius 1 is 1.32 bits per heavy atom. The van der Waals surface area contributed by atoms with Crippen LogP contribution >= 0.6 is 0 Å². The molecule has 1 aliphatic rings. The zero-order valence-corrected chi connectivity index (χ0v) is 15.2. The number of ether oxygens (including phenoxy) is 1. The summed E-state index contributed by atoms with van der Waals surface area (Å²) in [4.78, 5) is 35.7. The molecule has 0 radical (unpaired) electrons. The second-order valence-corrected chi connectivity index (χ2v) is 6.74. The minimum Gasteiger partial charge on any atom is -0.452 e. The lowest BCUT2D eigenvalue weighted by Gasteiger charge is -2.34. The van der Waals surface area contributed by atoms with Crippen LogP contribution < -0.4 is 10.6 Å². The number of aryl methyl sites for hydroxylation is 1. The first-order chi connectivity index (χ1) is 11.8. The van der Waals surface area contributed by atoms with Crippen molar-refractivity contribution >= 4 is 17.9 Å². The van der Waals surface area contributed by atoms with Gasteiger partial charge in [-0.3, -0.25) is 14.8 Å². The molecule has 0 unspecified atom stereocenters. The lowest BCUT2D eigenvalue weighted by atomic mass is 9.78. The van der Waals surface area contributed by atoms with Crippen molar-refractivity contribution in [2.24, 2.45) is 18.9 Å². The van der Waals surface area contributed by atoms with Crippen LogP contribution in [0.1, 0.15) is 49.2 Å². The SMILES string of the molecule is Cc1c(C(=O)OCC(=O)NC(=O)N[C@@H]2CCC[C@@H](C)[C@@H]2C)cnn1C. The minimum absolute atomic E-state index is 0.0529. The number of carbonyl (C=O) groups is 3. The fraction of sp³-hybridized carbons (Fsp3) is 0.647. The maximum Gasteiger partial charge on any atom is 0.342 e. The van der Waals surface area contributed by atoms with Crippen molar-refractivity contribution in [3.8, 4) is 0 Å². The Kier molecular flexibility index (Phi) is 6.17. The molecule has 0 bridgehead atoms. The van der Waals surface area contributed by atoms with Crippen LogP contribution in [0.2, 0.25) is 0 Å². The number of rotatable bonds is 4. The van der Waals surface area contributed by atoms with Gasteiger partial charge in [0.05, 0.1) is 6.20 Å². The summed E-state index contributed by atoms with van der Waals surface area (Å²) in [5.41, 5.74) is 0.938. The van der Waals surface area contributed by atoms with Crippen LogP contribution in [-0.4, -0.2) is 40.3 Å². The van der Waals surface area contributed by atoms with Gasteiger partial charge in [-0.2, -0.15) is 5.10 Å². The van der Waals surface area contributed by atoms with Gasteiger partial charge in [-0.25, -0.2) is 9.59 Å². The summed E-state index contributed by atoms with van der Waals surface area (Å²) in [5, 5.41) is 8.98. The van der Waals surface area contributed by atoms with E-state index < -0.39 is 24.5 Å². The molecule has 8 nitrogen and oxygen atoms in total. The summed E-state index contributed by atoms with van der Waals surface area (Å²) >= 11 is 0. The van der Waals surface area contributed by atoms with E-state index in [1.165, 1.54) is 10.9 Å². The van der Waals surface area contributed by atoms with Crippen LogP contribution in [0.4, 0.5) is 4.79 Å². The van der Waals surface area contributed by atoms with Crippen molar-refractivity contribution < 1.29 is 19.1 Å². The zero-order valence-electron chi connectivity index (χ0n) is 15.2. The second-order valence-electron chi connectivity index (χ2n) is 6.74. The smallest absolute Gasteiger partial charge is 0.342 e. The van der Waals surface area contributed by atoms with E-state index >= 15 is 0 Å². The highest BCUT2D eigenvalue weighted by Crippen LogP contribution is 2.29. The molecule has 0 aliphatic heterocycles. The van der Waals surface area contributed by atoms with Crippen LogP contribution in [0, 0.1) is 18.8 Å². The fourth-order valence-corrected chi connectivity index (χ4v) is 3.06. The third kappa shape index (κ3) is 4.80. The molecule has 1 saturated carbocycles. The van der Waals surface area contributed by atoms with Crippen molar-refractivity contribution in [3.05, 3.63) is 17.5 Å². The van der Waals surface area contributed by atoms with Gasteiger partial charge in [-0.15, -0.1) is 0 Å². The molecular weight excluding hydrogens is 324 g/mol. The lowest BCUT2D eigenvalue weighted by Crippen LogP contribution is -2.49. The van der Waals surface area contributed by atoms with E-state index in [0.717, 1.165) is 19.3 Å². The van der Waals surface area contributed by atoms with Crippen molar-refractivity contribution in [1.29, 1.82) is 0 Å². The molecule has 1 aliphatic carbocycles. The maximum atomic E-state index is 11.9. The van der Waals surface area contributed by atoms with Gasteiger partial charge in [0.1, 0.15) is 5.56 Å². The van der Waals surface area contributed by atoms with Crippen molar-refractivity contribution in [2.75, 3.05) is 6.61 Å². The fourth-order valence-electron chi connectivity index (χ4n) is 3.06. The van der Waals surface area contributed by atoms with Gasteiger partial charge in [-0.1, -0.05) is 26.7 Å². The summed E-state index contributed by atoms with van der Waals surface area (Å²) in [6.07, 6.45) is 4.51. The lowest BCUT2D eigenvalue weighted by molar-refractivity contribution is -0.123. The van der Waals surface area contributed by atoms with E-state index in [9.17, 15) is 14.4 Å². The number of nitrogens with one attached hydrogen (secondary N) is 2. The number of carbonyl (C=O) groups excluding carboxylic acids is 3. The molecule has 0 aromatic carbocycles. The van der Waals surface area contributed by atoms with Gasteiger partial charge in [-0.05, 0) is 25.2 Å². The number of nitrogens with zero attached hydrogens (tertiary/aromatic N) is 2. The number of hydrogen-bond acceptors (Lipinski definition) is 5. The highest BCUT2D eigenvalue weighted by atomic mass is 16.5. The largest absolute Gasteiger partial charge is 0.452 e. The van der Waals surface area contributed by atoms with E-state index in [-0.39, 0.29) is 6.04 Å². The third-order valence-corrected chi connectivity index (χ3v) is 5.07. The van der Waals surface area contributed by atoms with E-state index in [1.54, 1.807) is 14.0 Å². The highest BCUT2D eigenvalue weighted by Gasteiger charge is 2.28. The van der Waals surface area contributed by atoms with Gasteiger partial charge in [0.15, 0.2) is 6.61 Å². The first-order valence-corrected chi connectivity index (χ1v) is 8.55. The first-order valence-electron chi connectivity index (χ1n) is 8.55. The summed E-state index contributed by atoms with van der Waals surface area (Å²) in [6, 6.07) is -0.498. The molecule has 2 rings (SSSR count). The average Bonchev–Trinajstić information content (AvgIpc) is 2.89. The molecular formula is C17H26N4O4. The quantitative estimate of drug-likeness (QED) is 0.802. The number of urea groups is 1. The van der Waals surface area contributed by atoms with Gasteiger partial charge < -0.3 is 10.1 Å². The Balaban J connectivity index is 1.77. The molecule has 1 aromatic rings. The predicted molar refractivity (Wildman–Crippen MR) is 90.9 cm³/mol. The Hall–Kier alpha value is -2.38. The van der Waals surface area contributed by atoms with Gasteiger partial charge in [0, 0.05) is 18.8 Å². The standard InChI is InChI=1S/C17H26N4O4/c1-10-6-5-7-14(11(10)2)19-17(24)20-15(22)9-25-16(23)13-8-18-21(4)12(13)3/h8,10-11,14H,5-7,9H2,1-4H3,(H2,19,20,22,24)/t10-,11+,14-/m1/s1. The third-order valence-electron chi connectivity index (χ3n) is 5.07. The van der Waals surface area contributed by atoms with E-state index in [4.69, 9.17) is 4.74 Å². The topological polar surface area (TPSA) is 102 Å². The summed E-state index contributed by atoms with van der Waals surface area (Å²) in [6.45, 7) is 5.48. The molecule has 0 spiro atoms. The molecule has 138 valence electrons. The van der Waals surface area contributed by atoms with Gasteiger partial charge in [0.2, 0.25) is 0 Å². The molecule has 1 heterocycles. The Labute approximate surface area is 147 Å². The monoisotopic (exact) mass is 350 g/mol. The molecule has 8 heteroatoms. The highest BCUT2D eigenvalue weighted by molar-refractivity contribution is 5.97. The molecule has 1 fully saturated rings. The summed E-state index contributed by atoms with van der Waals surface area (Å²) < 4.78 is 6.47. The first kappa shape index (κ1) is 19.0.